The minimum Gasteiger partial charge on any atom is -0.0673 e. The monoisotopic (exact) mass is 500 g/mol. The van der Waals surface area contributed by atoms with Crippen molar-refractivity contribution >= 4 is 27.1 Å². The predicted molar refractivity (Wildman–Crippen MR) is 141 cm³/mol. The summed E-state index contributed by atoms with van der Waals surface area (Å²) in [5, 5.41) is 2.94. The second-order valence-electron chi connectivity index (χ2n) is 8.40. The maximum absolute atomic E-state index is 2.34. The van der Waals surface area contributed by atoms with Crippen LogP contribution in [0.15, 0.2) is 60.7 Å². The Morgan fingerprint density at radius 3 is 1.25 bits per heavy atom. The van der Waals surface area contributed by atoms with E-state index in [1.54, 1.807) is 5.66 Å². The summed E-state index contributed by atoms with van der Waals surface area (Å²) in [5.74, 6) is 10.3. The van der Waals surface area contributed by atoms with Crippen LogP contribution in [0.5, 0.6) is 0 Å². The predicted octanol–water partition coefficient (Wildman–Crippen LogP) is 7.93. The fourth-order valence-electron chi connectivity index (χ4n) is 3.86. The first-order valence-corrected chi connectivity index (χ1v) is 13.4. The molecule has 0 N–H and O–H groups in total. The minimum atomic E-state index is -0.306. The van der Waals surface area contributed by atoms with Crippen molar-refractivity contribution in [1.82, 2.24) is 0 Å². The van der Waals surface area contributed by atoms with Crippen molar-refractivity contribution in [1.29, 1.82) is 0 Å². The van der Waals surface area contributed by atoms with E-state index >= 15 is 0 Å². The van der Waals surface area contributed by atoms with E-state index in [2.05, 4.69) is 115 Å². The SMILES string of the molecule is C[C]1[CH][P][C](CP(c2ccccc2)c2ccccc2)[C]1C.C[C]1[C](C)[C](C)[C](C)[C]1C.[Fe+2]. The van der Waals surface area contributed by atoms with Gasteiger partial charge in [0.2, 0.25) is 0 Å². The van der Waals surface area contributed by atoms with Crippen LogP contribution in [0, 0.1) is 53.2 Å². The molecule has 1 saturated heterocycles. The molecule has 2 aliphatic rings. The van der Waals surface area contributed by atoms with E-state index in [0.717, 1.165) is 0 Å². The molecule has 2 fully saturated rings. The zero-order valence-corrected chi connectivity index (χ0v) is 23.2. The van der Waals surface area contributed by atoms with Crippen LogP contribution in [0.2, 0.25) is 0 Å². The van der Waals surface area contributed by atoms with Gasteiger partial charge in [-0.05, 0) is 72.3 Å². The summed E-state index contributed by atoms with van der Waals surface area (Å²) < 4.78 is 0. The van der Waals surface area contributed by atoms with Crippen molar-refractivity contribution in [2.75, 3.05) is 6.16 Å². The Morgan fingerprint density at radius 2 is 0.938 bits per heavy atom. The Kier molecular flexibility index (Phi) is 11.4. The van der Waals surface area contributed by atoms with Gasteiger partial charge in [0.1, 0.15) is 0 Å². The zero-order chi connectivity index (χ0) is 22.5. The van der Waals surface area contributed by atoms with Gasteiger partial charge in [-0.2, -0.15) is 0 Å². The molecule has 1 heterocycles. The normalized spacial score (nSPS) is 21.2. The molecule has 1 aliphatic carbocycles. The third-order valence-corrected chi connectivity index (χ3v) is 10.7. The molecule has 0 unspecified atom stereocenters. The van der Waals surface area contributed by atoms with Crippen molar-refractivity contribution in [3.63, 3.8) is 0 Å². The van der Waals surface area contributed by atoms with E-state index in [1.165, 1.54) is 66.8 Å². The van der Waals surface area contributed by atoms with Gasteiger partial charge >= 0.3 is 17.1 Å². The van der Waals surface area contributed by atoms with Crippen LogP contribution in [-0.2, 0) is 17.1 Å². The molecule has 0 bridgehead atoms. The first-order chi connectivity index (χ1) is 14.8. The van der Waals surface area contributed by atoms with E-state index in [1.807, 2.05) is 0 Å². The molecule has 32 heavy (non-hydrogen) atoms. The van der Waals surface area contributed by atoms with Gasteiger partial charge in [0.15, 0.2) is 0 Å². The van der Waals surface area contributed by atoms with Crippen LogP contribution in [0.4, 0.5) is 0 Å². The molecule has 0 amide bonds. The molecule has 3 heteroatoms. The number of benzene rings is 2. The summed E-state index contributed by atoms with van der Waals surface area (Å²) in [5.41, 5.74) is 1.59. The fourth-order valence-corrected chi connectivity index (χ4v) is 7.79. The number of rotatable bonds is 4. The van der Waals surface area contributed by atoms with E-state index in [0.29, 0.717) is 0 Å². The molecular weight excluding hydrogens is 466 g/mol. The first-order valence-electron chi connectivity index (χ1n) is 11.0. The van der Waals surface area contributed by atoms with E-state index < -0.39 is 0 Å². The van der Waals surface area contributed by atoms with Gasteiger partial charge < -0.3 is 0 Å². The molecule has 2 aromatic carbocycles. The summed E-state index contributed by atoms with van der Waals surface area (Å²) in [6.07, 6.45) is 3.51. The van der Waals surface area contributed by atoms with Crippen LogP contribution < -0.4 is 10.6 Å². The van der Waals surface area contributed by atoms with Crippen LogP contribution in [0.1, 0.15) is 48.5 Å². The summed E-state index contributed by atoms with van der Waals surface area (Å²) >= 11 is 0. The van der Waals surface area contributed by atoms with Gasteiger partial charge in [-0.25, -0.2) is 0 Å². The van der Waals surface area contributed by atoms with E-state index in [4.69, 9.17) is 0 Å². The maximum Gasteiger partial charge on any atom is 2.00 e. The summed E-state index contributed by atoms with van der Waals surface area (Å²) in [6.45, 7) is 15.5. The number of hydrogen-bond donors (Lipinski definition) is 0. The third kappa shape index (κ3) is 6.70. The molecule has 0 atom stereocenters. The standard InChI is InChI=1S/C19H19P2.C10H15.Fe/c1-15-13-20-19(16(15)2)14-21(17-9-5-3-6-10-17)18-11-7-4-8-12-18;1-6-7(2)9(4)10(5)8(6)3;/h3-13H,14H2,1-2H3;1-5H3;/q;;+2. The molecule has 0 spiro atoms. The molecule has 166 valence electrons. The fraction of sp³-hybridized carbons (Fsp3) is 0.276. The summed E-state index contributed by atoms with van der Waals surface area (Å²) in [6, 6.07) is 22.0. The Labute approximate surface area is 212 Å². The molecule has 4 rings (SSSR count). The summed E-state index contributed by atoms with van der Waals surface area (Å²) in [7, 11) is 1.09. The Balaban J connectivity index is 0.000000280. The van der Waals surface area contributed by atoms with Crippen molar-refractivity contribution in [3.8, 4) is 0 Å². The molecular formula is C29H34FeP2+2. The molecule has 10 radical (unpaired) electrons. The average molecular weight is 500 g/mol. The Bertz CT molecular complexity index is 696. The van der Waals surface area contributed by atoms with Gasteiger partial charge in [0, 0.05) is 5.66 Å². The molecule has 1 saturated carbocycles. The quantitative estimate of drug-likeness (QED) is 0.296. The molecule has 0 aromatic heterocycles. The first kappa shape index (κ1) is 28.1. The van der Waals surface area contributed by atoms with Crippen molar-refractivity contribution in [2.24, 2.45) is 0 Å². The van der Waals surface area contributed by atoms with Gasteiger partial charge in [-0.15, -0.1) is 0 Å². The van der Waals surface area contributed by atoms with Crippen molar-refractivity contribution in [3.05, 3.63) is 114 Å². The smallest absolute Gasteiger partial charge is 0.0673 e. The topological polar surface area (TPSA) is 0 Å². The zero-order valence-electron chi connectivity index (χ0n) is 20.3. The van der Waals surface area contributed by atoms with Crippen LogP contribution >= 0.6 is 16.5 Å². The molecule has 2 aromatic rings. The van der Waals surface area contributed by atoms with Crippen LogP contribution in [0.25, 0.3) is 0 Å². The number of hydrogen-bond acceptors (Lipinski definition) is 0. The van der Waals surface area contributed by atoms with Crippen LogP contribution in [-0.4, -0.2) is 6.16 Å². The van der Waals surface area contributed by atoms with Gasteiger partial charge in [-0.3, -0.25) is 0 Å². The van der Waals surface area contributed by atoms with E-state index in [-0.39, 0.29) is 25.0 Å². The average Bonchev–Trinajstić information content (AvgIpc) is 3.20. The molecule has 0 nitrogen and oxygen atoms in total. The largest absolute Gasteiger partial charge is 2.00 e. The van der Waals surface area contributed by atoms with Gasteiger partial charge in [0.25, 0.3) is 0 Å². The van der Waals surface area contributed by atoms with E-state index in [9.17, 15) is 0 Å². The second-order valence-corrected chi connectivity index (χ2v) is 11.7. The van der Waals surface area contributed by atoms with Gasteiger partial charge in [0.05, 0.1) is 0 Å². The second kappa shape index (κ2) is 13.1. The summed E-state index contributed by atoms with van der Waals surface area (Å²) in [4.78, 5) is 0. The Hall–Kier alpha value is -0.181. The minimum absolute atomic E-state index is 0. The van der Waals surface area contributed by atoms with Crippen LogP contribution in [0.3, 0.4) is 0 Å². The van der Waals surface area contributed by atoms with Crippen molar-refractivity contribution in [2.45, 2.75) is 48.5 Å². The van der Waals surface area contributed by atoms with Crippen molar-refractivity contribution < 1.29 is 17.1 Å². The molecule has 1 aliphatic heterocycles. The van der Waals surface area contributed by atoms with Gasteiger partial charge in [-0.1, -0.05) is 118 Å². The third-order valence-electron chi connectivity index (χ3n) is 6.69. The maximum atomic E-state index is 2.34. The Morgan fingerprint density at radius 1 is 0.562 bits per heavy atom.